The van der Waals surface area contributed by atoms with Crippen LogP contribution < -0.4 is 10.0 Å². The van der Waals surface area contributed by atoms with Crippen LogP contribution in [0.1, 0.15) is 22.5 Å². The van der Waals surface area contributed by atoms with Gasteiger partial charge in [0.2, 0.25) is 0 Å². The third kappa shape index (κ3) is 3.55. The number of nitrogens with one attached hydrogen (secondary N) is 3. The van der Waals surface area contributed by atoms with Gasteiger partial charge in [-0.1, -0.05) is 12.1 Å². The molecular weight excluding hydrogens is 350 g/mol. The van der Waals surface area contributed by atoms with E-state index in [2.05, 4.69) is 38.2 Å². The molecule has 0 spiro atoms. The van der Waals surface area contributed by atoms with E-state index in [1.807, 2.05) is 19.1 Å². The Hall–Kier alpha value is -2.87. The van der Waals surface area contributed by atoms with Crippen LogP contribution in [0.15, 0.2) is 41.4 Å². The number of H-pyrrole nitrogens is 1. The van der Waals surface area contributed by atoms with E-state index in [1.54, 1.807) is 32.2 Å². The topological polar surface area (TPSA) is 99.8 Å². The van der Waals surface area contributed by atoms with Crippen LogP contribution in [0.3, 0.4) is 0 Å². The van der Waals surface area contributed by atoms with E-state index in [-0.39, 0.29) is 10.7 Å². The molecule has 26 heavy (non-hydrogen) atoms. The molecule has 2 heterocycles. The Morgan fingerprint density at radius 3 is 2.42 bits per heavy atom. The van der Waals surface area contributed by atoms with Gasteiger partial charge in [-0.2, -0.15) is 5.10 Å². The van der Waals surface area contributed by atoms with Crippen molar-refractivity contribution in [3.05, 3.63) is 59.0 Å². The first-order valence-electron chi connectivity index (χ1n) is 8.11. The summed E-state index contributed by atoms with van der Waals surface area (Å²) >= 11 is 0. The third-order valence-electron chi connectivity index (χ3n) is 4.22. The average molecular weight is 371 g/mol. The minimum Gasteiger partial charge on any atom is -0.354 e. The fraction of sp³-hybridized carbons (Fsp3) is 0.222. The minimum absolute atomic E-state index is 0.150. The Morgan fingerprint density at radius 1 is 1.04 bits per heavy atom. The second-order valence-corrected chi connectivity index (χ2v) is 7.79. The normalized spacial score (nSPS) is 11.4. The first-order valence-corrected chi connectivity index (χ1v) is 9.60. The van der Waals surface area contributed by atoms with Gasteiger partial charge in [-0.15, -0.1) is 0 Å². The summed E-state index contributed by atoms with van der Waals surface area (Å²) in [5.74, 6) is 0.247. The van der Waals surface area contributed by atoms with Crippen LogP contribution in [-0.4, -0.2) is 23.6 Å². The van der Waals surface area contributed by atoms with Gasteiger partial charge in [0.1, 0.15) is 10.7 Å². The van der Waals surface area contributed by atoms with Crippen molar-refractivity contribution < 1.29 is 8.42 Å². The van der Waals surface area contributed by atoms with E-state index in [0.29, 0.717) is 11.4 Å². The molecule has 0 aliphatic rings. The van der Waals surface area contributed by atoms with E-state index < -0.39 is 10.0 Å². The van der Waals surface area contributed by atoms with Crippen molar-refractivity contribution in [3.8, 4) is 0 Å². The molecule has 3 aromatic rings. The van der Waals surface area contributed by atoms with Crippen LogP contribution in [0, 0.1) is 27.7 Å². The number of hydrogen-bond donors (Lipinski definition) is 3. The van der Waals surface area contributed by atoms with Crippen molar-refractivity contribution in [1.29, 1.82) is 0 Å². The number of rotatable bonds is 5. The highest BCUT2D eigenvalue weighted by molar-refractivity contribution is 7.92. The molecule has 3 rings (SSSR count). The van der Waals surface area contributed by atoms with Crippen molar-refractivity contribution in [2.24, 2.45) is 0 Å². The maximum Gasteiger partial charge on any atom is 0.266 e. The number of anilines is 3. The quantitative estimate of drug-likeness (QED) is 0.636. The molecule has 0 saturated heterocycles. The van der Waals surface area contributed by atoms with Crippen LogP contribution in [0.4, 0.5) is 17.2 Å². The van der Waals surface area contributed by atoms with Gasteiger partial charge < -0.3 is 5.32 Å². The minimum atomic E-state index is -3.74. The number of pyridine rings is 1. The Labute approximate surface area is 152 Å². The molecule has 0 aliphatic carbocycles. The van der Waals surface area contributed by atoms with Crippen molar-refractivity contribution >= 4 is 27.2 Å². The van der Waals surface area contributed by atoms with E-state index in [9.17, 15) is 8.42 Å². The Morgan fingerprint density at radius 2 is 1.81 bits per heavy atom. The van der Waals surface area contributed by atoms with Crippen molar-refractivity contribution in [3.63, 3.8) is 0 Å². The van der Waals surface area contributed by atoms with Crippen molar-refractivity contribution in [2.75, 3.05) is 10.0 Å². The van der Waals surface area contributed by atoms with E-state index in [4.69, 9.17) is 0 Å². The lowest BCUT2D eigenvalue weighted by Gasteiger charge is -2.12. The van der Waals surface area contributed by atoms with Gasteiger partial charge in [-0.25, -0.2) is 13.4 Å². The summed E-state index contributed by atoms with van der Waals surface area (Å²) in [5.41, 5.74) is 5.02. The van der Waals surface area contributed by atoms with Crippen LogP contribution in [0.2, 0.25) is 0 Å². The van der Waals surface area contributed by atoms with E-state index in [1.165, 1.54) is 5.56 Å². The second kappa shape index (κ2) is 6.80. The van der Waals surface area contributed by atoms with Gasteiger partial charge in [-0.3, -0.25) is 9.82 Å². The molecule has 0 amide bonds. The monoisotopic (exact) mass is 371 g/mol. The molecule has 1 aromatic carbocycles. The van der Waals surface area contributed by atoms with Crippen LogP contribution in [-0.2, 0) is 10.0 Å². The summed E-state index contributed by atoms with van der Waals surface area (Å²) in [5, 5.41) is 9.90. The van der Waals surface area contributed by atoms with Crippen LogP contribution in [0.5, 0.6) is 0 Å². The molecule has 136 valence electrons. The number of benzene rings is 1. The standard InChI is InChI=1S/C18H21N5O2S/c1-11-6-5-7-16(12(11)2)20-15-8-9-17(19-10-15)23-26(24,25)18-13(3)21-22-14(18)4/h5-10,20H,1-4H3,(H,19,23)(H,21,22). The Balaban J connectivity index is 1.79. The fourth-order valence-corrected chi connectivity index (χ4v) is 4.08. The molecular formula is C18H21N5O2S. The summed E-state index contributed by atoms with van der Waals surface area (Å²) < 4.78 is 27.6. The van der Waals surface area contributed by atoms with Gasteiger partial charge in [-0.05, 0) is 57.0 Å². The number of hydrogen-bond acceptors (Lipinski definition) is 5. The van der Waals surface area contributed by atoms with Crippen molar-refractivity contribution in [1.82, 2.24) is 15.2 Å². The lowest BCUT2D eigenvalue weighted by molar-refractivity contribution is 0.600. The largest absolute Gasteiger partial charge is 0.354 e. The smallest absolute Gasteiger partial charge is 0.266 e. The van der Waals surface area contributed by atoms with E-state index in [0.717, 1.165) is 16.9 Å². The van der Waals surface area contributed by atoms with Crippen LogP contribution >= 0.6 is 0 Å². The lowest BCUT2D eigenvalue weighted by atomic mass is 10.1. The molecule has 0 unspecified atom stereocenters. The number of nitrogens with zero attached hydrogens (tertiary/aromatic N) is 2. The molecule has 7 nitrogen and oxygen atoms in total. The molecule has 8 heteroatoms. The predicted molar refractivity (Wildman–Crippen MR) is 102 cm³/mol. The molecule has 0 aliphatic heterocycles. The van der Waals surface area contributed by atoms with Gasteiger partial charge in [0, 0.05) is 5.69 Å². The first-order chi connectivity index (χ1) is 12.3. The molecule has 3 N–H and O–H groups in total. The van der Waals surface area contributed by atoms with Gasteiger partial charge >= 0.3 is 0 Å². The number of aromatic nitrogens is 3. The van der Waals surface area contributed by atoms with Crippen LogP contribution in [0.25, 0.3) is 0 Å². The zero-order valence-corrected chi connectivity index (χ0v) is 15.9. The SMILES string of the molecule is Cc1cccc(Nc2ccc(NS(=O)(=O)c3c(C)n[nH]c3C)nc2)c1C. The second-order valence-electron chi connectivity index (χ2n) is 6.17. The number of aryl methyl sites for hydroxylation is 3. The average Bonchev–Trinajstić information content (AvgIpc) is 2.93. The summed E-state index contributed by atoms with van der Waals surface area (Å²) in [6.45, 7) is 7.40. The molecule has 0 radical (unpaired) electrons. The first kappa shape index (κ1) is 17.9. The zero-order valence-electron chi connectivity index (χ0n) is 15.1. The molecule has 2 aromatic heterocycles. The third-order valence-corrected chi connectivity index (χ3v) is 5.83. The van der Waals surface area contributed by atoms with Gasteiger partial charge in [0.25, 0.3) is 10.0 Å². The highest BCUT2D eigenvalue weighted by Crippen LogP contribution is 2.24. The Kier molecular flexibility index (Phi) is 4.69. The molecule has 0 saturated carbocycles. The zero-order chi connectivity index (χ0) is 18.9. The molecule has 0 atom stereocenters. The maximum absolute atomic E-state index is 12.5. The summed E-state index contributed by atoms with van der Waals surface area (Å²) in [4.78, 5) is 4.35. The lowest BCUT2D eigenvalue weighted by Crippen LogP contribution is -2.15. The molecule has 0 bridgehead atoms. The summed E-state index contributed by atoms with van der Waals surface area (Å²) in [6.07, 6.45) is 1.59. The summed E-state index contributed by atoms with van der Waals surface area (Å²) in [6, 6.07) is 9.42. The number of aromatic amines is 1. The predicted octanol–water partition coefficient (Wildman–Crippen LogP) is 3.58. The highest BCUT2D eigenvalue weighted by Gasteiger charge is 2.22. The Bertz CT molecular complexity index is 1020. The highest BCUT2D eigenvalue weighted by atomic mass is 32.2. The summed E-state index contributed by atoms with van der Waals surface area (Å²) in [7, 11) is -3.74. The van der Waals surface area contributed by atoms with Crippen molar-refractivity contribution in [2.45, 2.75) is 32.6 Å². The molecule has 0 fully saturated rings. The van der Waals surface area contributed by atoms with Gasteiger partial charge in [0.15, 0.2) is 0 Å². The van der Waals surface area contributed by atoms with Gasteiger partial charge in [0.05, 0.1) is 23.3 Å². The van der Waals surface area contributed by atoms with E-state index >= 15 is 0 Å². The fourth-order valence-electron chi connectivity index (χ4n) is 2.70. The number of sulfonamides is 1. The maximum atomic E-state index is 12.5.